The average Bonchev–Trinajstić information content (AvgIpc) is 3.01. The Labute approximate surface area is 221 Å². The van der Waals surface area contributed by atoms with Gasteiger partial charge < -0.3 is 23.9 Å². The third-order valence-corrected chi connectivity index (χ3v) is 7.25. The fourth-order valence-corrected chi connectivity index (χ4v) is 4.75. The first kappa shape index (κ1) is 28.5. The number of carboxylic acid groups (broad SMARTS) is 1. The Kier molecular flexibility index (Phi) is 7.17. The molecule has 2 aliphatic rings. The number of aliphatic carboxylic acids is 1. The van der Waals surface area contributed by atoms with E-state index in [1.807, 2.05) is 27.7 Å². The lowest BCUT2D eigenvalue weighted by molar-refractivity contribution is -0.163. The zero-order chi connectivity index (χ0) is 28.3. The van der Waals surface area contributed by atoms with Crippen LogP contribution in [0.15, 0.2) is 30.3 Å². The maximum atomic E-state index is 14.5. The molecule has 0 saturated carbocycles. The Balaban J connectivity index is 2.06. The molecule has 2 aromatic carbocycles. The van der Waals surface area contributed by atoms with E-state index >= 15 is 0 Å². The van der Waals surface area contributed by atoms with E-state index < -0.39 is 53.3 Å². The van der Waals surface area contributed by atoms with Crippen molar-refractivity contribution in [1.29, 1.82) is 0 Å². The van der Waals surface area contributed by atoms with Crippen LogP contribution in [0.1, 0.15) is 77.7 Å². The number of hydrogen-bond acceptors (Lipinski definition) is 5. The molecule has 0 bridgehead atoms. The van der Waals surface area contributed by atoms with Gasteiger partial charge in [-0.1, -0.05) is 12.1 Å². The van der Waals surface area contributed by atoms with Crippen molar-refractivity contribution < 1.29 is 41.9 Å². The van der Waals surface area contributed by atoms with E-state index in [1.165, 1.54) is 6.07 Å². The second-order valence-corrected chi connectivity index (χ2v) is 11.8. The lowest BCUT2D eigenvalue weighted by atomic mass is 9.71. The molecule has 0 spiro atoms. The fourth-order valence-electron chi connectivity index (χ4n) is 4.75. The van der Waals surface area contributed by atoms with Crippen molar-refractivity contribution >= 4 is 18.6 Å². The van der Waals surface area contributed by atoms with Crippen molar-refractivity contribution in [2.75, 3.05) is 6.61 Å². The molecule has 6 nitrogen and oxygen atoms in total. The Bertz CT molecular complexity index is 1220. The molecule has 0 amide bonds. The van der Waals surface area contributed by atoms with Crippen molar-refractivity contribution in [3.8, 4) is 16.9 Å². The van der Waals surface area contributed by atoms with Gasteiger partial charge in [0.25, 0.3) is 0 Å². The van der Waals surface area contributed by atoms with Crippen LogP contribution in [-0.4, -0.2) is 41.6 Å². The van der Waals surface area contributed by atoms with E-state index in [1.54, 1.807) is 39.0 Å². The van der Waals surface area contributed by atoms with Crippen molar-refractivity contribution in [2.45, 2.75) is 90.4 Å². The molecule has 1 atom stereocenters. The molecule has 1 saturated heterocycles. The smallest absolute Gasteiger partial charge is 0.493 e. The number of rotatable bonds is 5. The topological polar surface area (TPSA) is 74.2 Å². The zero-order valence-corrected chi connectivity index (χ0v) is 22.8. The van der Waals surface area contributed by atoms with Crippen LogP contribution < -0.4 is 10.2 Å². The normalized spacial score (nSPS) is 19.6. The Morgan fingerprint density at radius 3 is 2.24 bits per heavy atom. The van der Waals surface area contributed by atoms with Crippen molar-refractivity contribution in [1.82, 2.24) is 0 Å². The molecule has 2 aliphatic heterocycles. The highest BCUT2D eigenvalue weighted by Crippen LogP contribution is 2.44. The van der Waals surface area contributed by atoms with Crippen LogP contribution in [0.4, 0.5) is 13.2 Å². The predicted octanol–water partition coefficient (Wildman–Crippen LogP) is 5.94. The van der Waals surface area contributed by atoms with Crippen LogP contribution in [0.5, 0.6) is 5.75 Å². The maximum absolute atomic E-state index is 14.5. The SMILES string of the molecule is CC(C)(C)OC(C(=O)O)c1c(C(F)(F)F)ccc(B2OC(C)(C)C(C)(C)O2)c1-c1ccc2c(c1)CCCO2. The largest absolute Gasteiger partial charge is 0.495 e. The van der Waals surface area contributed by atoms with Crippen molar-refractivity contribution in [2.24, 2.45) is 0 Å². The first-order chi connectivity index (χ1) is 17.4. The molecular weight excluding hydrogens is 500 g/mol. The molecule has 1 unspecified atom stereocenters. The van der Waals surface area contributed by atoms with Gasteiger partial charge in [0.05, 0.1) is 29.0 Å². The molecule has 0 radical (unpaired) electrons. The highest BCUT2D eigenvalue weighted by atomic mass is 19.4. The van der Waals surface area contributed by atoms with Crippen LogP contribution in [0, 0.1) is 0 Å². The molecule has 206 valence electrons. The number of halogens is 3. The monoisotopic (exact) mass is 534 g/mol. The Morgan fingerprint density at radius 2 is 1.68 bits per heavy atom. The van der Waals surface area contributed by atoms with Gasteiger partial charge in [0.15, 0.2) is 6.10 Å². The molecule has 1 N–H and O–H groups in total. The van der Waals surface area contributed by atoms with Crippen LogP contribution in [-0.2, 0) is 31.4 Å². The molecule has 4 rings (SSSR count). The number of ether oxygens (including phenoxy) is 2. The molecular formula is C28H34BF3O6. The highest BCUT2D eigenvalue weighted by molar-refractivity contribution is 6.64. The van der Waals surface area contributed by atoms with Crippen LogP contribution in [0.25, 0.3) is 11.1 Å². The zero-order valence-electron chi connectivity index (χ0n) is 22.8. The molecule has 0 aromatic heterocycles. The summed E-state index contributed by atoms with van der Waals surface area (Å²) in [6, 6.07) is 7.33. The van der Waals surface area contributed by atoms with Crippen LogP contribution in [0.2, 0.25) is 0 Å². The van der Waals surface area contributed by atoms with Crippen LogP contribution in [0.3, 0.4) is 0 Å². The number of hydrogen-bond donors (Lipinski definition) is 1. The first-order valence-corrected chi connectivity index (χ1v) is 12.7. The number of benzene rings is 2. The molecule has 1 fully saturated rings. The maximum Gasteiger partial charge on any atom is 0.495 e. The predicted molar refractivity (Wildman–Crippen MR) is 138 cm³/mol. The minimum absolute atomic E-state index is 0.0725. The van der Waals surface area contributed by atoms with Gasteiger partial charge in [0.2, 0.25) is 0 Å². The molecule has 0 aliphatic carbocycles. The highest BCUT2D eigenvalue weighted by Gasteiger charge is 2.53. The summed E-state index contributed by atoms with van der Waals surface area (Å²) >= 11 is 0. The summed E-state index contributed by atoms with van der Waals surface area (Å²) in [6.07, 6.45) is -5.30. The van der Waals surface area contributed by atoms with Gasteiger partial charge in [-0.25, -0.2) is 4.79 Å². The lowest BCUT2D eigenvalue weighted by Crippen LogP contribution is -2.41. The third-order valence-electron chi connectivity index (χ3n) is 7.25. The van der Waals surface area contributed by atoms with E-state index in [4.69, 9.17) is 18.8 Å². The minimum Gasteiger partial charge on any atom is -0.493 e. The number of aryl methyl sites for hydroxylation is 1. The van der Waals surface area contributed by atoms with Gasteiger partial charge in [-0.05, 0) is 102 Å². The summed E-state index contributed by atoms with van der Waals surface area (Å²) < 4.78 is 67.5. The lowest BCUT2D eigenvalue weighted by Gasteiger charge is -2.32. The van der Waals surface area contributed by atoms with Gasteiger partial charge >= 0.3 is 19.3 Å². The molecule has 2 heterocycles. The summed E-state index contributed by atoms with van der Waals surface area (Å²) in [5.74, 6) is -0.870. The Morgan fingerprint density at radius 1 is 1.05 bits per heavy atom. The fraction of sp³-hybridized carbons (Fsp3) is 0.536. The summed E-state index contributed by atoms with van der Waals surface area (Å²) in [7, 11) is -1.03. The van der Waals surface area contributed by atoms with E-state index in [2.05, 4.69) is 0 Å². The number of carboxylic acids is 1. The molecule has 38 heavy (non-hydrogen) atoms. The van der Waals surface area contributed by atoms with Gasteiger partial charge in [-0.3, -0.25) is 0 Å². The second kappa shape index (κ2) is 9.57. The van der Waals surface area contributed by atoms with E-state index in [9.17, 15) is 23.1 Å². The summed E-state index contributed by atoms with van der Waals surface area (Å²) in [4.78, 5) is 12.5. The van der Waals surface area contributed by atoms with Gasteiger partial charge in [-0.2, -0.15) is 13.2 Å². The average molecular weight is 534 g/mol. The van der Waals surface area contributed by atoms with E-state index in [0.29, 0.717) is 29.8 Å². The van der Waals surface area contributed by atoms with Gasteiger partial charge in [0, 0.05) is 5.56 Å². The quantitative estimate of drug-likeness (QED) is 0.479. The molecule has 2 aromatic rings. The van der Waals surface area contributed by atoms with Gasteiger partial charge in [0.1, 0.15) is 5.75 Å². The van der Waals surface area contributed by atoms with Gasteiger partial charge in [-0.15, -0.1) is 0 Å². The van der Waals surface area contributed by atoms with Crippen molar-refractivity contribution in [3.63, 3.8) is 0 Å². The summed E-state index contributed by atoms with van der Waals surface area (Å²) in [6.45, 7) is 12.7. The van der Waals surface area contributed by atoms with E-state index in [-0.39, 0.29) is 5.56 Å². The summed E-state index contributed by atoms with van der Waals surface area (Å²) in [5, 5.41) is 10.2. The van der Waals surface area contributed by atoms with Crippen molar-refractivity contribution in [3.05, 3.63) is 47.0 Å². The number of carbonyl (C=O) groups is 1. The number of fused-ring (bicyclic) bond motifs is 1. The minimum atomic E-state index is -4.84. The first-order valence-electron chi connectivity index (χ1n) is 12.7. The summed E-state index contributed by atoms with van der Waals surface area (Å²) in [5.41, 5.74) is -2.54. The second-order valence-electron chi connectivity index (χ2n) is 11.8. The molecule has 10 heteroatoms. The van der Waals surface area contributed by atoms with Crippen LogP contribution >= 0.6 is 0 Å². The van der Waals surface area contributed by atoms with E-state index in [0.717, 1.165) is 18.1 Å². The Hall–Kier alpha value is -2.56. The number of alkyl halides is 3. The third kappa shape index (κ3) is 5.44. The standard InChI is InChI=1S/C28H34BF3O6/c1-25(2,3)36-23(24(33)34)22-18(28(30,31)32)11-12-19(29-37-26(4,5)27(6,7)38-29)21(22)17-10-13-20-16(15-17)9-8-14-35-20/h10-13,15,23H,8-9,14H2,1-7H3,(H,33,34).